The molecule has 4 N–H and O–H groups in total. The highest BCUT2D eigenvalue weighted by Gasteiger charge is 2.34. The number of nitrogens with one attached hydrogen (secondary N) is 2. The Labute approximate surface area is 195 Å². The molecule has 0 aliphatic heterocycles. The Kier molecular flexibility index (Phi) is 5.07. The summed E-state index contributed by atoms with van der Waals surface area (Å²) < 4.78 is 6.79. The van der Waals surface area contributed by atoms with Crippen molar-refractivity contribution < 1.29 is 14.1 Å². The molecule has 1 saturated carbocycles. The molecule has 1 fully saturated rings. The van der Waals surface area contributed by atoms with Crippen LogP contribution in [0, 0.1) is 5.92 Å². The van der Waals surface area contributed by atoms with Crippen LogP contribution in [0.2, 0.25) is 0 Å². The maximum absolute atomic E-state index is 13.0. The predicted octanol–water partition coefficient (Wildman–Crippen LogP) is 4.50. The average molecular weight is 460 g/mol. The van der Waals surface area contributed by atoms with Gasteiger partial charge in [0, 0.05) is 40.4 Å². The number of hydrogen-bond donors (Lipinski definition) is 3. The van der Waals surface area contributed by atoms with E-state index < -0.39 is 6.03 Å². The second-order valence-corrected chi connectivity index (χ2v) is 9.48. The van der Waals surface area contributed by atoms with Gasteiger partial charge in [-0.2, -0.15) is 5.10 Å². The Morgan fingerprint density at radius 2 is 1.88 bits per heavy atom. The van der Waals surface area contributed by atoms with Crippen LogP contribution in [-0.2, 0) is 5.41 Å². The fraction of sp³-hybridized carbons (Fsp3) is 0.292. The number of urea groups is 1. The van der Waals surface area contributed by atoms with Gasteiger partial charge in [0.05, 0.1) is 5.69 Å². The normalized spacial score (nSPS) is 13.7. The molecule has 0 bridgehead atoms. The van der Waals surface area contributed by atoms with Gasteiger partial charge in [0.15, 0.2) is 11.6 Å². The smallest absolute Gasteiger partial charge is 0.326 e. The van der Waals surface area contributed by atoms with E-state index in [9.17, 15) is 9.59 Å². The molecule has 10 heteroatoms. The van der Waals surface area contributed by atoms with Gasteiger partial charge in [0.25, 0.3) is 0 Å². The molecule has 174 valence electrons. The monoisotopic (exact) mass is 459 g/mol. The number of nitrogens with zero attached hydrogens (tertiary/aromatic N) is 4. The number of aromatic nitrogens is 4. The summed E-state index contributed by atoms with van der Waals surface area (Å²) in [5.74, 6) is 0.689. The van der Waals surface area contributed by atoms with Crippen molar-refractivity contribution in [2.24, 2.45) is 5.92 Å². The van der Waals surface area contributed by atoms with Crippen molar-refractivity contribution in [3.63, 3.8) is 0 Å². The molecule has 1 aromatic carbocycles. The molecule has 1 aliphatic carbocycles. The number of fused-ring (bicyclic) bond motifs is 1. The van der Waals surface area contributed by atoms with Gasteiger partial charge in [-0.1, -0.05) is 38.1 Å². The average Bonchev–Trinajstić information content (AvgIpc) is 3.39. The van der Waals surface area contributed by atoms with Crippen LogP contribution in [0.15, 0.2) is 47.4 Å². The number of anilines is 3. The molecule has 4 aromatic rings. The van der Waals surface area contributed by atoms with Gasteiger partial charge in [-0.3, -0.25) is 10.1 Å². The minimum absolute atomic E-state index is 0.0462. The zero-order chi connectivity index (χ0) is 24.0. The highest BCUT2D eigenvalue weighted by molar-refractivity contribution is 6.10. The lowest BCUT2D eigenvalue weighted by Gasteiger charge is -2.12. The van der Waals surface area contributed by atoms with Gasteiger partial charge in [-0.05, 0) is 30.5 Å². The van der Waals surface area contributed by atoms with E-state index in [1.165, 1.54) is 6.33 Å². The highest BCUT2D eigenvalue weighted by atomic mass is 16.5. The number of carbonyl (C=O) groups excluding carboxylic acids is 2. The molecular formula is C24H25N7O3. The lowest BCUT2D eigenvalue weighted by molar-refractivity contribution is 0.0968. The molecule has 1 aliphatic rings. The first-order chi connectivity index (χ1) is 16.2. The standard InChI is InChI=1S/C24H25N7O3/c1-24(2,3)17-10-18(34-30-17)29-23(33)28-15-8-6-13(7-9-15)19-16(21(32)14-4-5-14)11-31-20(19)22(25)26-12-27-31/h6-12,14H,4-5H2,1-3H3,(H2,25,26,27)(H2,28,29,33). The van der Waals surface area contributed by atoms with E-state index in [2.05, 4.69) is 25.9 Å². The third kappa shape index (κ3) is 4.09. The minimum atomic E-state index is -0.457. The van der Waals surface area contributed by atoms with Gasteiger partial charge >= 0.3 is 6.03 Å². The second-order valence-electron chi connectivity index (χ2n) is 9.48. The third-order valence-corrected chi connectivity index (χ3v) is 5.76. The predicted molar refractivity (Wildman–Crippen MR) is 128 cm³/mol. The van der Waals surface area contributed by atoms with E-state index in [1.54, 1.807) is 28.9 Å². The van der Waals surface area contributed by atoms with Crippen LogP contribution >= 0.6 is 0 Å². The molecule has 0 unspecified atom stereocenters. The van der Waals surface area contributed by atoms with Crippen molar-refractivity contribution in [2.45, 2.75) is 39.0 Å². The summed E-state index contributed by atoms with van der Waals surface area (Å²) in [6.07, 6.45) is 4.87. The first-order valence-electron chi connectivity index (χ1n) is 11.0. The van der Waals surface area contributed by atoms with Gasteiger partial charge in [0.1, 0.15) is 11.8 Å². The van der Waals surface area contributed by atoms with Gasteiger partial charge in [-0.25, -0.2) is 14.3 Å². The number of nitrogens with two attached hydrogens (primary N) is 1. The summed E-state index contributed by atoms with van der Waals surface area (Å²) in [7, 11) is 0. The molecule has 3 aromatic heterocycles. The molecule has 0 spiro atoms. The second kappa shape index (κ2) is 7.98. The number of Topliss-reactive ketones (excluding diaryl/α,β-unsaturated/α-hetero) is 1. The molecule has 5 rings (SSSR count). The number of amides is 2. The lowest BCUT2D eigenvalue weighted by Crippen LogP contribution is -2.19. The number of nitrogen functional groups attached to an aromatic ring is 1. The van der Waals surface area contributed by atoms with Crippen LogP contribution in [0.5, 0.6) is 0 Å². The maximum Gasteiger partial charge on any atom is 0.326 e. The van der Waals surface area contributed by atoms with Crippen molar-refractivity contribution in [1.29, 1.82) is 0 Å². The molecule has 0 saturated heterocycles. The fourth-order valence-electron chi connectivity index (χ4n) is 3.76. The zero-order valence-electron chi connectivity index (χ0n) is 19.1. The Bertz CT molecular complexity index is 1390. The Morgan fingerprint density at radius 1 is 1.15 bits per heavy atom. The summed E-state index contributed by atoms with van der Waals surface area (Å²) in [5.41, 5.74) is 9.90. The number of benzene rings is 1. The summed E-state index contributed by atoms with van der Waals surface area (Å²) in [5, 5.41) is 13.6. The number of ketones is 1. The van der Waals surface area contributed by atoms with Crippen LogP contribution < -0.4 is 16.4 Å². The number of rotatable bonds is 5. The van der Waals surface area contributed by atoms with Gasteiger partial charge < -0.3 is 15.6 Å². The van der Waals surface area contributed by atoms with Crippen LogP contribution in [0.25, 0.3) is 16.6 Å². The number of carbonyl (C=O) groups is 2. The Hall–Kier alpha value is -4.21. The zero-order valence-corrected chi connectivity index (χ0v) is 19.1. The molecule has 0 radical (unpaired) electrons. The van der Waals surface area contributed by atoms with Crippen LogP contribution in [0.3, 0.4) is 0 Å². The SMILES string of the molecule is CC(C)(C)c1cc(NC(=O)Nc2ccc(-c3c(C(=O)C4CC4)cn4ncnc(N)c34)cc2)on1. The first kappa shape index (κ1) is 21.6. The van der Waals surface area contributed by atoms with E-state index in [0.717, 1.165) is 24.1 Å². The van der Waals surface area contributed by atoms with Crippen molar-refractivity contribution in [3.8, 4) is 11.1 Å². The molecule has 34 heavy (non-hydrogen) atoms. The highest BCUT2D eigenvalue weighted by Crippen LogP contribution is 2.39. The molecule has 3 heterocycles. The topological polar surface area (TPSA) is 140 Å². The summed E-state index contributed by atoms with van der Waals surface area (Å²) in [4.78, 5) is 29.5. The van der Waals surface area contributed by atoms with E-state index in [1.807, 2.05) is 32.9 Å². The number of hydrogen-bond acceptors (Lipinski definition) is 7. The molecule has 10 nitrogen and oxygen atoms in total. The Morgan fingerprint density at radius 3 is 2.53 bits per heavy atom. The molecular weight excluding hydrogens is 434 g/mol. The maximum atomic E-state index is 13.0. The van der Waals surface area contributed by atoms with Crippen molar-refractivity contribution in [2.75, 3.05) is 16.4 Å². The molecule has 2 amide bonds. The minimum Gasteiger partial charge on any atom is -0.382 e. The lowest BCUT2D eigenvalue weighted by atomic mass is 9.92. The van der Waals surface area contributed by atoms with Crippen molar-refractivity contribution >= 4 is 34.7 Å². The van der Waals surface area contributed by atoms with E-state index >= 15 is 0 Å². The van der Waals surface area contributed by atoms with Crippen LogP contribution in [-0.4, -0.2) is 31.6 Å². The van der Waals surface area contributed by atoms with E-state index in [4.69, 9.17) is 10.3 Å². The first-order valence-corrected chi connectivity index (χ1v) is 11.0. The third-order valence-electron chi connectivity index (χ3n) is 5.76. The van der Waals surface area contributed by atoms with E-state index in [-0.39, 0.29) is 23.0 Å². The van der Waals surface area contributed by atoms with Crippen LogP contribution in [0.1, 0.15) is 49.7 Å². The van der Waals surface area contributed by atoms with Crippen LogP contribution in [0.4, 0.5) is 22.2 Å². The van der Waals surface area contributed by atoms with E-state index in [0.29, 0.717) is 28.1 Å². The largest absolute Gasteiger partial charge is 0.382 e. The Balaban J connectivity index is 1.38. The summed E-state index contributed by atoms with van der Waals surface area (Å²) >= 11 is 0. The summed E-state index contributed by atoms with van der Waals surface area (Å²) in [6.45, 7) is 6.02. The summed E-state index contributed by atoms with van der Waals surface area (Å²) in [6, 6.07) is 8.41. The van der Waals surface area contributed by atoms with Crippen molar-refractivity contribution in [1.82, 2.24) is 19.8 Å². The quantitative estimate of drug-likeness (QED) is 0.373. The fourth-order valence-corrected chi connectivity index (χ4v) is 3.76. The van der Waals surface area contributed by atoms with Gasteiger partial charge in [0.2, 0.25) is 5.88 Å². The molecule has 0 atom stereocenters. The van der Waals surface area contributed by atoms with Crippen molar-refractivity contribution in [3.05, 3.63) is 54.1 Å². The van der Waals surface area contributed by atoms with Gasteiger partial charge in [-0.15, -0.1) is 0 Å².